The Morgan fingerprint density at radius 2 is 1.94 bits per heavy atom. The standard InChI is InChI=1S/C13H10N2O3/c16-8-7-10-3-1-9(2-4-10)5-6-11-12(17)15-13(18)14-11/h1-4,8,11H,7H2,(H2,14,15,17,18). The van der Waals surface area contributed by atoms with Crippen molar-refractivity contribution in [3.05, 3.63) is 35.4 Å². The highest BCUT2D eigenvalue weighted by Crippen LogP contribution is 2.03. The molecule has 1 heterocycles. The first kappa shape index (κ1) is 11.9. The monoisotopic (exact) mass is 242 g/mol. The van der Waals surface area contributed by atoms with Gasteiger partial charge in [0.25, 0.3) is 5.91 Å². The fourth-order valence-electron chi connectivity index (χ4n) is 1.49. The van der Waals surface area contributed by atoms with E-state index in [9.17, 15) is 14.4 Å². The number of urea groups is 1. The van der Waals surface area contributed by atoms with Crippen molar-refractivity contribution in [1.82, 2.24) is 10.6 Å². The molecule has 90 valence electrons. The fourth-order valence-corrected chi connectivity index (χ4v) is 1.49. The molecule has 1 aromatic rings. The van der Waals surface area contributed by atoms with Gasteiger partial charge in [0.05, 0.1) is 0 Å². The van der Waals surface area contributed by atoms with Gasteiger partial charge in [-0.2, -0.15) is 0 Å². The van der Waals surface area contributed by atoms with Gasteiger partial charge in [0.1, 0.15) is 6.29 Å². The largest absolute Gasteiger partial charge is 0.322 e. The molecule has 0 spiro atoms. The van der Waals surface area contributed by atoms with Crippen molar-refractivity contribution < 1.29 is 14.4 Å². The van der Waals surface area contributed by atoms with E-state index in [4.69, 9.17) is 0 Å². The van der Waals surface area contributed by atoms with E-state index < -0.39 is 18.0 Å². The van der Waals surface area contributed by atoms with Gasteiger partial charge in [0, 0.05) is 12.0 Å². The van der Waals surface area contributed by atoms with Gasteiger partial charge in [0.2, 0.25) is 0 Å². The van der Waals surface area contributed by atoms with Crippen LogP contribution in [0.2, 0.25) is 0 Å². The van der Waals surface area contributed by atoms with Crippen LogP contribution in [0.3, 0.4) is 0 Å². The number of benzene rings is 1. The number of hydrogen-bond acceptors (Lipinski definition) is 3. The number of aldehydes is 1. The third-order valence-corrected chi connectivity index (χ3v) is 2.41. The molecule has 1 aliphatic rings. The molecule has 0 saturated carbocycles. The van der Waals surface area contributed by atoms with Crippen LogP contribution in [0.4, 0.5) is 4.79 Å². The smallest absolute Gasteiger partial charge is 0.316 e. The quantitative estimate of drug-likeness (QED) is 0.435. The topological polar surface area (TPSA) is 75.3 Å². The lowest BCUT2D eigenvalue weighted by molar-refractivity contribution is -0.119. The fraction of sp³-hybridized carbons (Fsp3) is 0.154. The van der Waals surface area contributed by atoms with Gasteiger partial charge >= 0.3 is 6.03 Å². The Hall–Kier alpha value is -2.61. The van der Waals surface area contributed by atoms with E-state index in [0.29, 0.717) is 6.42 Å². The summed E-state index contributed by atoms with van der Waals surface area (Å²) < 4.78 is 0. The first-order valence-electron chi connectivity index (χ1n) is 5.34. The van der Waals surface area contributed by atoms with Gasteiger partial charge in [0.15, 0.2) is 6.04 Å². The molecule has 0 aromatic heterocycles. The third kappa shape index (κ3) is 2.74. The van der Waals surface area contributed by atoms with Crippen molar-refractivity contribution in [2.24, 2.45) is 0 Å². The van der Waals surface area contributed by atoms with E-state index in [-0.39, 0.29) is 0 Å². The van der Waals surface area contributed by atoms with Crippen LogP contribution in [-0.2, 0) is 16.0 Å². The number of carbonyl (C=O) groups excluding carboxylic acids is 3. The molecule has 0 radical (unpaired) electrons. The lowest BCUT2D eigenvalue weighted by Gasteiger charge is -1.96. The summed E-state index contributed by atoms with van der Waals surface area (Å²) in [6.45, 7) is 0. The number of rotatable bonds is 2. The van der Waals surface area contributed by atoms with E-state index in [1.54, 1.807) is 24.3 Å². The predicted octanol–water partition coefficient (Wildman–Crippen LogP) is -0.0125. The summed E-state index contributed by atoms with van der Waals surface area (Å²) in [7, 11) is 0. The number of imide groups is 1. The van der Waals surface area contributed by atoms with Gasteiger partial charge in [-0.25, -0.2) is 4.79 Å². The summed E-state index contributed by atoms with van der Waals surface area (Å²) in [6, 6.07) is 5.80. The number of carbonyl (C=O) groups is 3. The molecular formula is C13H10N2O3. The Bertz CT molecular complexity index is 552. The van der Waals surface area contributed by atoms with Gasteiger partial charge < -0.3 is 10.1 Å². The highest BCUT2D eigenvalue weighted by molar-refractivity contribution is 6.05. The number of amides is 3. The van der Waals surface area contributed by atoms with E-state index >= 15 is 0 Å². The summed E-state index contributed by atoms with van der Waals surface area (Å²) in [4.78, 5) is 32.4. The van der Waals surface area contributed by atoms with Gasteiger partial charge in [-0.15, -0.1) is 0 Å². The van der Waals surface area contributed by atoms with Gasteiger partial charge in [-0.05, 0) is 17.7 Å². The average Bonchev–Trinajstić information content (AvgIpc) is 2.67. The zero-order valence-electron chi connectivity index (χ0n) is 9.40. The Balaban J connectivity index is 2.08. The van der Waals surface area contributed by atoms with Crippen LogP contribution in [0.25, 0.3) is 0 Å². The first-order valence-corrected chi connectivity index (χ1v) is 5.34. The Labute approximate surface area is 104 Å². The maximum Gasteiger partial charge on any atom is 0.322 e. The second-order valence-electron chi connectivity index (χ2n) is 3.73. The molecule has 5 heteroatoms. The van der Waals surface area contributed by atoms with Crippen molar-refractivity contribution in [3.63, 3.8) is 0 Å². The summed E-state index contributed by atoms with van der Waals surface area (Å²) in [5, 5.41) is 4.48. The summed E-state index contributed by atoms with van der Waals surface area (Å²) in [5.41, 5.74) is 1.63. The molecule has 2 rings (SSSR count). The normalized spacial score (nSPS) is 17.4. The minimum atomic E-state index is -0.799. The molecule has 0 aliphatic carbocycles. The second kappa shape index (κ2) is 5.15. The van der Waals surface area contributed by atoms with Crippen LogP contribution in [0.15, 0.2) is 24.3 Å². The van der Waals surface area contributed by atoms with Crippen LogP contribution >= 0.6 is 0 Å². The van der Waals surface area contributed by atoms with Crippen LogP contribution in [0, 0.1) is 11.8 Å². The van der Waals surface area contributed by atoms with Crippen molar-refractivity contribution in [3.8, 4) is 11.8 Å². The molecule has 2 N–H and O–H groups in total. The van der Waals surface area contributed by atoms with E-state index in [2.05, 4.69) is 22.5 Å². The molecule has 0 bridgehead atoms. The Kier molecular flexibility index (Phi) is 3.39. The van der Waals surface area contributed by atoms with E-state index in [0.717, 1.165) is 17.4 Å². The highest BCUT2D eigenvalue weighted by atomic mass is 16.2. The highest BCUT2D eigenvalue weighted by Gasteiger charge is 2.27. The van der Waals surface area contributed by atoms with Crippen molar-refractivity contribution in [2.75, 3.05) is 0 Å². The molecule has 1 fully saturated rings. The third-order valence-electron chi connectivity index (χ3n) is 2.41. The van der Waals surface area contributed by atoms with Gasteiger partial charge in [-0.3, -0.25) is 10.1 Å². The molecule has 1 saturated heterocycles. The molecule has 1 aromatic carbocycles. The zero-order chi connectivity index (χ0) is 13.0. The number of nitrogens with one attached hydrogen (secondary N) is 2. The van der Waals surface area contributed by atoms with E-state index in [1.165, 1.54) is 0 Å². The first-order chi connectivity index (χ1) is 8.69. The average molecular weight is 242 g/mol. The lowest BCUT2D eigenvalue weighted by atomic mass is 10.1. The number of hydrogen-bond donors (Lipinski definition) is 2. The molecule has 1 aliphatic heterocycles. The predicted molar refractivity (Wildman–Crippen MR) is 63.6 cm³/mol. The summed E-state index contributed by atoms with van der Waals surface area (Å²) in [5.74, 6) is 5.02. The van der Waals surface area contributed by atoms with Crippen LogP contribution < -0.4 is 10.6 Å². The zero-order valence-corrected chi connectivity index (χ0v) is 9.40. The van der Waals surface area contributed by atoms with E-state index in [1.807, 2.05) is 0 Å². The SMILES string of the molecule is O=CCc1ccc(C#CC2NC(=O)NC2=O)cc1. The van der Waals surface area contributed by atoms with Gasteiger partial charge in [-0.1, -0.05) is 24.0 Å². The molecule has 18 heavy (non-hydrogen) atoms. The Morgan fingerprint density at radius 3 is 2.50 bits per heavy atom. The van der Waals surface area contributed by atoms with Crippen LogP contribution in [0.5, 0.6) is 0 Å². The molecule has 5 nitrogen and oxygen atoms in total. The lowest BCUT2D eigenvalue weighted by Crippen LogP contribution is -2.26. The molecule has 1 atom stereocenters. The molecular weight excluding hydrogens is 232 g/mol. The second-order valence-corrected chi connectivity index (χ2v) is 3.73. The summed E-state index contributed by atoms with van der Waals surface area (Å²) in [6.07, 6.45) is 1.20. The maximum atomic E-state index is 11.2. The maximum absolute atomic E-state index is 11.2. The Morgan fingerprint density at radius 1 is 1.22 bits per heavy atom. The van der Waals surface area contributed by atoms with Crippen LogP contribution in [-0.4, -0.2) is 24.3 Å². The summed E-state index contributed by atoms with van der Waals surface area (Å²) >= 11 is 0. The molecule has 1 unspecified atom stereocenters. The van der Waals surface area contributed by atoms with Crippen molar-refractivity contribution in [1.29, 1.82) is 0 Å². The minimum Gasteiger partial charge on any atom is -0.316 e. The van der Waals surface area contributed by atoms with Crippen LogP contribution in [0.1, 0.15) is 11.1 Å². The van der Waals surface area contributed by atoms with Crippen molar-refractivity contribution >= 4 is 18.2 Å². The molecule has 3 amide bonds. The van der Waals surface area contributed by atoms with Crippen molar-refractivity contribution in [2.45, 2.75) is 12.5 Å². The minimum absolute atomic E-state index is 0.370.